The number of hydrogen-bond donors (Lipinski definition) is 0. The summed E-state index contributed by atoms with van der Waals surface area (Å²) in [6.07, 6.45) is 2.03. The Bertz CT molecular complexity index is 2670. The molecular formula is C50H36N2. The highest BCUT2D eigenvalue weighted by Crippen LogP contribution is 2.52. The molecular weight excluding hydrogens is 629 g/mol. The van der Waals surface area contributed by atoms with Crippen LogP contribution in [0.1, 0.15) is 29.0 Å². The Morgan fingerprint density at radius 3 is 1.81 bits per heavy atom. The predicted octanol–water partition coefficient (Wildman–Crippen LogP) is 12.9. The highest BCUT2D eigenvalue weighted by molar-refractivity contribution is 6.14. The third-order valence-electron chi connectivity index (χ3n) is 10.8. The van der Waals surface area contributed by atoms with E-state index in [1.165, 1.54) is 60.8 Å². The molecule has 2 heterocycles. The first-order valence-corrected chi connectivity index (χ1v) is 18.2. The third kappa shape index (κ3) is 5.15. The van der Waals surface area contributed by atoms with Crippen LogP contribution >= 0.6 is 0 Å². The smallest absolute Gasteiger partial charge is 0.0730 e. The first-order valence-electron chi connectivity index (χ1n) is 18.2. The molecule has 52 heavy (non-hydrogen) atoms. The van der Waals surface area contributed by atoms with E-state index in [4.69, 9.17) is 4.98 Å². The number of aryl methyl sites for hydroxylation is 1. The number of pyridine rings is 1. The summed E-state index contributed by atoms with van der Waals surface area (Å²) in [7, 11) is 0. The standard InChI is InChI=1S/C50H36N2/c1-4-16-35(17-5-1)38-22-14-15-34(31-38)27-28-42-40-23-10-11-24-41(40)43-29-30-48-50(49(42)43)44-25-12-13-26-47(44)52(48)39-32-45(36-18-6-2-7-19-36)51-46(33-39)37-20-8-3-9-21-37/h1-26,29-33,42H,27-28H2. The van der Waals surface area contributed by atoms with Crippen LogP contribution < -0.4 is 0 Å². The van der Waals surface area contributed by atoms with Gasteiger partial charge in [-0.15, -0.1) is 0 Å². The third-order valence-corrected chi connectivity index (χ3v) is 10.8. The number of nitrogens with zero attached hydrogens (tertiary/aromatic N) is 2. The van der Waals surface area contributed by atoms with Gasteiger partial charge in [0, 0.05) is 27.8 Å². The zero-order valence-corrected chi connectivity index (χ0v) is 28.8. The highest BCUT2D eigenvalue weighted by Gasteiger charge is 2.32. The molecule has 246 valence electrons. The van der Waals surface area contributed by atoms with Gasteiger partial charge in [0.1, 0.15) is 0 Å². The number of hydrogen-bond acceptors (Lipinski definition) is 1. The van der Waals surface area contributed by atoms with Gasteiger partial charge in [0.15, 0.2) is 0 Å². The normalized spacial score (nSPS) is 13.3. The molecule has 10 rings (SSSR count). The lowest BCUT2D eigenvalue weighted by Crippen LogP contribution is -2.01. The lowest BCUT2D eigenvalue weighted by molar-refractivity contribution is 0.734. The van der Waals surface area contributed by atoms with E-state index < -0.39 is 0 Å². The molecule has 0 bridgehead atoms. The van der Waals surface area contributed by atoms with E-state index >= 15 is 0 Å². The fraction of sp³-hybridized carbons (Fsp3) is 0.0600. The Hall–Kier alpha value is -6.51. The van der Waals surface area contributed by atoms with E-state index in [1.807, 2.05) is 0 Å². The van der Waals surface area contributed by atoms with Crippen molar-refractivity contribution in [2.45, 2.75) is 18.8 Å². The van der Waals surface area contributed by atoms with Crippen molar-refractivity contribution in [3.63, 3.8) is 0 Å². The molecule has 0 radical (unpaired) electrons. The molecule has 2 aromatic heterocycles. The first-order chi connectivity index (χ1) is 25.8. The van der Waals surface area contributed by atoms with Gasteiger partial charge >= 0.3 is 0 Å². The predicted molar refractivity (Wildman–Crippen MR) is 217 cm³/mol. The molecule has 0 fully saturated rings. The van der Waals surface area contributed by atoms with E-state index in [0.717, 1.165) is 41.0 Å². The molecule has 0 N–H and O–H groups in total. The van der Waals surface area contributed by atoms with Crippen molar-refractivity contribution < 1.29 is 0 Å². The fourth-order valence-electron chi connectivity index (χ4n) is 8.47. The largest absolute Gasteiger partial charge is 0.309 e. The van der Waals surface area contributed by atoms with Crippen molar-refractivity contribution in [1.29, 1.82) is 0 Å². The van der Waals surface area contributed by atoms with Crippen LogP contribution in [0.3, 0.4) is 0 Å². The first kappa shape index (κ1) is 30.3. The van der Waals surface area contributed by atoms with Crippen LogP contribution in [0.2, 0.25) is 0 Å². The van der Waals surface area contributed by atoms with Gasteiger partial charge in [-0.05, 0) is 76.1 Å². The molecule has 0 aliphatic heterocycles. The SMILES string of the molecule is c1ccc(-c2cccc(CCC3c4ccccc4-c4ccc5c(c43)c3ccccc3n5-c3cc(-c4ccccc4)nc(-c4ccccc4)c3)c2)cc1. The Morgan fingerprint density at radius 1 is 0.462 bits per heavy atom. The molecule has 2 nitrogen and oxygen atoms in total. The molecule has 0 spiro atoms. The van der Waals surface area contributed by atoms with Crippen molar-refractivity contribution in [2.24, 2.45) is 0 Å². The molecule has 0 amide bonds. The molecule has 1 unspecified atom stereocenters. The van der Waals surface area contributed by atoms with Crippen LogP contribution in [0, 0.1) is 0 Å². The Balaban J connectivity index is 1.15. The zero-order chi connectivity index (χ0) is 34.4. The van der Waals surface area contributed by atoms with Gasteiger partial charge in [0.25, 0.3) is 0 Å². The molecule has 1 aliphatic rings. The molecule has 7 aromatic carbocycles. The lowest BCUT2D eigenvalue weighted by atomic mass is 9.87. The lowest BCUT2D eigenvalue weighted by Gasteiger charge is -2.16. The van der Waals surface area contributed by atoms with Crippen LogP contribution in [0.15, 0.2) is 188 Å². The van der Waals surface area contributed by atoms with E-state index in [9.17, 15) is 0 Å². The van der Waals surface area contributed by atoms with Crippen LogP contribution in [0.5, 0.6) is 0 Å². The van der Waals surface area contributed by atoms with E-state index in [0.29, 0.717) is 0 Å². The summed E-state index contributed by atoms with van der Waals surface area (Å²) in [5, 5.41) is 2.64. The Kier molecular flexibility index (Phi) is 7.39. The zero-order valence-electron chi connectivity index (χ0n) is 28.8. The van der Waals surface area contributed by atoms with Crippen molar-refractivity contribution in [2.75, 3.05) is 0 Å². The number of benzene rings is 7. The van der Waals surface area contributed by atoms with Crippen LogP contribution in [-0.2, 0) is 6.42 Å². The molecule has 9 aromatic rings. The molecule has 2 heteroatoms. The number of fused-ring (bicyclic) bond motifs is 7. The van der Waals surface area contributed by atoms with Crippen molar-refractivity contribution in [3.05, 3.63) is 205 Å². The summed E-state index contributed by atoms with van der Waals surface area (Å²) < 4.78 is 2.47. The maximum absolute atomic E-state index is 5.21. The minimum atomic E-state index is 0.284. The average molecular weight is 665 g/mol. The van der Waals surface area contributed by atoms with Gasteiger partial charge in [-0.2, -0.15) is 0 Å². The van der Waals surface area contributed by atoms with Crippen LogP contribution in [0.4, 0.5) is 0 Å². The second-order valence-corrected chi connectivity index (χ2v) is 13.8. The van der Waals surface area contributed by atoms with E-state index in [2.05, 4.69) is 193 Å². The summed E-state index contributed by atoms with van der Waals surface area (Å²) >= 11 is 0. The minimum Gasteiger partial charge on any atom is -0.309 e. The highest BCUT2D eigenvalue weighted by atomic mass is 15.0. The average Bonchev–Trinajstić information content (AvgIpc) is 3.73. The number of rotatable bonds is 7. The molecule has 0 saturated heterocycles. The number of aromatic nitrogens is 2. The van der Waals surface area contributed by atoms with Crippen molar-refractivity contribution in [3.8, 4) is 50.5 Å². The maximum Gasteiger partial charge on any atom is 0.0730 e. The van der Waals surface area contributed by atoms with Gasteiger partial charge in [0.2, 0.25) is 0 Å². The van der Waals surface area contributed by atoms with Crippen LogP contribution in [0.25, 0.3) is 72.3 Å². The molecule has 1 aliphatic carbocycles. The maximum atomic E-state index is 5.21. The number of para-hydroxylation sites is 1. The van der Waals surface area contributed by atoms with Crippen molar-refractivity contribution >= 4 is 21.8 Å². The van der Waals surface area contributed by atoms with Gasteiger partial charge in [-0.1, -0.05) is 164 Å². The summed E-state index contributed by atoms with van der Waals surface area (Å²) in [6.45, 7) is 0. The minimum absolute atomic E-state index is 0.284. The topological polar surface area (TPSA) is 17.8 Å². The van der Waals surface area contributed by atoms with Gasteiger partial charge in [-0.25, -0.2) is 4.98 Å². The summed E-state index contributed by atoms with van der Waals surface area (Å²) in [5.74, 6) is 0.284. The summed E-state index contributed by atoms with van der Waals surface area (Å²) in [4.78, 5) is 5.21. The van der Waals surface area contributed by atoms with E-state index in [1.54, 1.807) is 0 Å². The van der Waals surface area contributed by atoms with Gasteiger partial charge in [0.05, 0.1) is 28.1 Å². The van der Waals surface area contributed by atoms with Gasteiger partial charge in [-0.3, -0.25) is 0 Å². The van der Waals surface area contributed by atoms with E-state index in [-0.39, 0.29) is 5.92 Å². The second-order valence-electron chi connectivity index (χ2n) is 13.8. The fourth-order valence-corrected chi connectivity index (χ4v) is 8.47. The molecule has 0 saturated carbocycles. The Labute approximate surface area is 304 Å². The van der Waals surface area contributed by atoms with Crippen LogP contribution in [-0.4, -0.2) is 9.55 Å². The molecule has 1 atom stereocenters. The quantitative estimate of drug-likeness (QED) is 0.166. The summed E-state index contributed by atoms with van der Waals surface area (Å²) in [6, 6.07) is 68.2. The van der Waals surface area contributed by atoms with Gasteiger partial charge < -0.3 is 4.57 Å². The van der Waals surface area contributed by atoms with Crippen molar-refractivity contribution in [1.82, 2.24) is 9.55 Å². The monoisotopic (exact) mass is 664 g/mol. The summed E-state index contributed by atoms with van der Waals surface area (Å²) in [5.41, 5.74) is 17.2. The Morgan fingerprint density at radius 2 is 1.08 bits per heavy atom. The second kappa shape index (κ2) is 12.7.